The van der Waals surface area contributed by atoms with Gasteiger partial charge in [-0.2, -0.15) is 0 Å². The molecule has 1 aromatic rings. The standard InChI is InChI=1S/C14H24N4OS/c1-9(2)13-15-14(17-16-13)20-8-12(19)18-6-10(3)5-11(4)7-18/h9-11H,5-8H2,1-4H3,(H,15,16,17)/t10-,11-/m0/s1. The molecule has 0 spiro atoms. The van der Waals surface area contributed by atoms with E-state index >= 15 is 0 Å². The van der Waals surface area contributed by atoms with Crippen molar-refractivity contribution >= 4 is 17.7 Å². The molecule has 2 heterocycles. The zero-order chi connectivity index (χ0) is 14.7. The number of piperidine rings is 1. The highest BCUT2D eigenvalue weighted by atomic mass is 32.2. The molecule has 0 radical (unpaired) electrons. The van der Waals surface area contributed by atoms with Gasteiger partial charge in [0.15, 0.2) is 0 Å². The van der Waals surface area contributed by atoms with Gasteiger partial charge in [-0.05, 0) is 18.3 Å². The van der Waals surface area contributed by atoms with E-state index in [1.807, 2.05) is 4.90 Å². The fraction of sp³-hybridized carbons (Fsp3) is 0.786. The lowest BCUT2D eigenvalue weighted by Crippen LogP contribution is -2.43. The summed E-state index contributed by atoms with van der Waals surface area (Å²) in [5, 5.41) is 7.72. The van der Waals surface area contributed by atoms with E-state index in [0.29, 0.717) is 28.7 Å². The minimum atomic E-state index is 0.198. The van der Waals surface area contributed by atoms with Gasteiger partial charge < -0.3 is 4.90 Å². The molecule has 0 unspecified atom stereocenters. The molecule has 1 aliphatic heterocycles. The number of nitrogens with zero attached hydrogens (tertiary/aromatic N) is 3. The Morgan fingerprint density at radius 2 is 2.05 bits per heavy atom. The Kier molecular flexibility index (Phi) is 5.07. The number of likely N-dealkylation sites (tertiary alicyclic amines) is 1. The number of amides is 1. The van der Waals surface area contributed by atoms with Crippen LogP contribution in [0.2, 0.25) is 0 Å². The van der Waals surface area contributed by atoms with Crippen LogP contribution in [-0.2, 0) is 4.79 Å². The Morgan fingerprint density at radius 3 is 2.60 bits per heavy atom. The third kappa shape index (κ3) is 3.98. The molecular formula is C14H24N4OS. The van der Waals surface area contributed by atoms with Crippen LogP contribution in [0.25, 0.3) is 0 Å². The number of hydrogen-bond donors (Lipinski definition) is 1. The van der Waals surface area contributed by atoms with Crippen molar-refractivity contribution in [2.24, 2.45) is 11.8 Å². The van der Waals surface area contributed by atoms with Crippen molar-refractivity contribution in [1.82, 2.24) is 20.1 Å². The fourth-order valence-electron chi connectivity index (χ4n) is 2.67. The Labute approximate surface area is 124 Å². The van der Waals surface area contributed by atoms with Crippen molar-refractivity contribution in [2.75, 3.05) is 18.8 Å². The summed E-state index contributed by atoms with van der Waals surface area (Å²) in [7, 11) is 0. The number of aromatic nitrogens is 3. The summed E-state index contributed by atoms with van der Waals surface area (Å²) < 4.78 is 0. The van der Waals surface area contributed by atoms with E-state index in [0.717, 1.165) is 18.9 Å². The van der Waals surface area contributed by atoms with Gasteiger partial charge in [0, 0.05) is 19.0 Å². The SMILES string of the molecule is CC(C)c1nc(SCC(=O)N2C[C@@H](C)C[C@H](C)C2)n[nH]1. The predicted octanol–water partition coefficient (Wildman–Crippen LogP) is 2.52. The maximum absolute atomic E-state index is 12.2. The van der Waals surface area contributed by atoms with Crippen molar-refractivity contribution in [1.29, 1.82) is 0 Å². The number of aromatic amines is 1. The summed E-state index contributed by atoms with van der Waals surface area (Å²) in [6.07, 6.45) is 1.22. The van der Waals surface area contributed by atoms with Crippen LogP contribution in [0, 0.1) is 11.8 Å². The van der Waals surface area contributed by atoms with E-state index in [1.165, 1.54) is 18.2 Å². The van der Waals surface area contributed by atoms with Gasteiger partial charge in [-0.3, -0.25) is 9.89 Å². The van der Waals surface area contributed by atoms with Crippen LogP contribution in [0.3, 0.4) is 0 Å². The molecule has 1 amide bonds. The predicted molar refractivity (Wildman–Crippen MR) is 80.7 cm³/mol. The molecule has 1 fully saturated rings. The highest BCUT2D eigenvalue weighted by Gasteiger charge is 2.25. The van der Waals surface area contributed by atoms with Crippen LogP contribution in [-0.4, -0.2) is 44.8 Å². The van der Waals surface area contributed by atoms with Crippen molar-refractivity contribution in [3.63, 3.8) is 0 Å². The first-order chi connectivity index (χ1) is 9.45. The number of hydrogen-bond acceptors (Lipinski definition) is 4. The van der Waals surface area contributed by atoms with Crippen LogP contribution in [0.4, 0.5) is 0 Å². The molecule has 0 aromatic carbocycles. The fourth-order valence-corrected chi connectivity index (χ4v) is 3.37. The van der Waals surface area contributed by atoms with Gasteiger partial charge in [-0.1, -0.05) is 39.5 Å². The van der Waals surface area contributed by atoms with E-state index in [-0.39, 0.29) is 5.91 Å². The highest BCUT2D eigenvalue weighted by molar-refractivity contribution is 7.99. The van der Waals surface area contributed by atoms with E-state index in [1.54, 1.807) is 0 Å². The molecule has 1 N–H and O–H groups in total. The molecule has 1 aromatic heterocycles. The number of thioether (sulfide) groups is 1. The molecule has 5 nitrogen and oxygen atoms in total. The summed E-state index contributed by atoms with van der Waals surface area (Å²) in [6.45, 7) is 10.3. The summed E-state index contributed by atoms with van der Waals surface area (Å²) >= 11 is 1.42. The lowest BCUT2D eigenvalue weighted by Gasteiger charge is -2.34. The summed E-state index contributed by atoms with van der Waals surface area (Å²) in [4.78, 5) is 18.6. The average molecular weight is 296 g/mol. The largest absolute Gasteiger partial charge is 0.341 e. The average Bonchev–Trinajstić information content (AvgIpc) is 2.83. The first-order valence-electron chi connectivity index (χ1n) is 7.28. The minimum Gasteiger partial charge on any atom is -0.341 e. The zero-order valence-corrected chi connectivity index (χ0v) is 13.5. The summed E-state index contributed by atoms with van der Waals surface area (Å²) in [5.41, 5.74) is 0. The van der Waals surface area contributed by atoms with Gasteiger partial charge in [-0.15, -0.1) is 5.10 Å². The Morgan fingerprint density at radius 1 is 1.40 bits per heavy atom. The molecule has 0 saturated carbocycles. The van der Waals surface area contributed by atoms with Gasteiger partial charge in [0.2, 0.25) is 11.1 Å². The lowest BCUT2D eigenvalue weighted by atomic mass is 9.92. The number of carbonyl (C=O) groups excluding carboxylic acids is 1. The monoisotopic (exact) mass is 296 g/mol. The molecule has 0 bridgehead atoms. The molecule has 6 heteroatoms. The van der Waals surface area contributed by atoms with E-state index < -0.39 is 0 Å². The first kappa shape index (κ1) is 15.4. The second-order valence-corrected chi connectivity index (χ2v) is 7.13. The van der Waals surface area contributed by atoms with Gasteiger partial charge in [0.05, 0.1) is 5.75 Å². The first-order valence-corrected chi connectivity index (χ1v) is 8.27. The van der Waals surface area contributed by atoms with E-state index in [9.17, 15) is 4.79 Å². The third-order valence-corrected chi connectivity index (χ3v) is 4.41. The maximum atomic E-state index is 12.2. The topological polar surface area (TPSA) is 61.9 Å². The zero-order valence-electron chi connectivity index (χ0n) is 12.7. The molecule has 0 aliphatic carbocycles. The molecule has 1 saturated heterocycles. The maximum Gasteiger partial charge on any atom is 0.233 e. The van der Waals surface area contributed by atoms with Gasteiger partial charge in [-0.25, -0.2) is 4.98 Å². The second kappa shape index (κ2) is 6.61. The Hall–Kier alpha value is -1.04. The quantitative estimate of drug-likeness (QED) is 0.867. The lowest BCUT2D eigenvalue weighted by molar-refractivity contribution is -0.130. The van der Waals surface area contributed by atoms with Gasteiger partial charge in [0.25, 0.3) is 0 Å². The van der Waals surface area contributed by atoms with Crippen molar-refractivity contribution in [3.05, 3.63) is 5.82 Å². The number of nitrogens with one attached hydrogen (secondary N) is 1. The number of H-pyrrole nitrogens is 1. The minimum absolute atomic E-state index is 0.198. The van der Waals surface area contributed by atoms with Gasteiger partial charge >= 0.3 is 0 Å². The van der Waals surface area contributed by atoms with Crippen LogP contribution < -0.4 is 0 Å². The highest BCUT2D eigenvalue weighted by Crippen LogP contribution is 2.22. The smallest absolute Gasteiger partial charge is 0.233 e. The third-order valence-electron chi connectivity index (χ3n) is 3.58. The Bertz CT molecular complexity index is 450. The second-order valence-electron chi connectivity index (χ2n) is 6.19. The van der Waals surface area contributed by atoms with Gasteiger partial charge in [0.1, 0.15) is 5.82 Å². The molecule has 2 atom stereocenters. The molecule has 1 aliphatic rings. The van der Waals surface area contributed by atoms with Crippen LogP contribution in [0.1, 0.15) is 45.9 Å². The Balaban J connectivity index is 1.85. The summed E-state index contributed by atoms with van der Waals surface area (Å²) in [6, 6.07) is 0. The molecule has 112 valence electrons. The van der Waals surface area contributed by atoms with Crippen LogP contribution >= 0.6 is 11.8 Å². The van der Waals surface area contributed by atoms with Crippen molar-refractivity contribution in [2.45, 2.75) is 45.2 Å². The molecule has 2 rings (SSSR count). The normalized spacial score (nSPS) is 23.4. The molecule has 20 heavy (non-hydrogen) atoms. The van der Waals surface area contributed by atoms with Crippen LogP contribution in [0.5, 0.6) is 0 Å². The van der Waals surface area contributed by atoms with Crippen molar-refractivity contribution in [3.8, 4) is 0 Å². The number of rotatable bonds is 4. The van der Waals surface area contributed by atoms with Crippen molar-refractivity contribution < 1.29 is 4.79 Å². The molecular weight excluding hydrogens is 272 g/mol. The van der Waals surface area contributed by atoms with E-state index in [2.05, 4.69) is 42.9 Å². The summed E-state index contributed by atoms with van der Waals surface area (Å²) in [5.74, 6) is 3.03. The van der Waals surface area contributed by atoms with Crippen LogP contribution in [0.15, 0.2) is 5.16 Å². The number of carbonyl (C=O) groups is 1. The van der Waals surface area contributed by atoms with E-state index in [4.69, 9.17) is 0 Å².